The van der Waals surface area contributed by atoms with Crippen LogP contribution in [0.5, 0.6) is 0 Å². The van der Waals surface area contributed by atoms with E-state index >= 15 is 0 Å². The molecule has 1 aromatic rings. The van der Waals surface area contributed by atoms with Gasteiger partial charge in [0.2, 0.25) is 5.91 Å². The number of hydrogen-bond donors (Lipinski definition) is 1. The number of benzene rings is 1. The second-order valence-corrected chi connectivity index (χ2v) is 7.68. The predicted molar refractivity (Wildman–Crippen MR) is 104 cm³/mol. The normalized spacial score (nSPS) is 22.8. The van der Waals surface area contributed by atoms with Crippen molar-refractivity contribution in [3.05, 3.63) is 30.3 Å². The second-order valence-electron chi connectivity index (χ2n) is 7.68. The molecule has 4 heteroatoms. The van der Waals surface area contributed by atoms with Gasteiger partial charge in [0.25, 0.3) is 0 Å². The molecule has 0 radical (unpaired) electrons. The number of carbonyl (C=O) groups is 1. The zero-order valence-corrected chi connectivity index (χ0v) is 15.6. The molecule has 1 amide bonds. The molecule has 3 rings (SSSR count). The van der Waals surface area contributed by atoms with Crippen LogP contribution >= 0.6 is 0 Å². The Bertz CT molecular complexity index is 525. The van der Waals surface area contributed by atoms with Crippen molar-refractivity contribution >= 4 is 11.6 Å². The van der Waals surface area contributed by atoms with E-state index in [-0.39, 0.29) is 0 Å². The van der Waals surface area contributed by atoms with Gasteiger partial charge in [-0.2, -0.15) is 0 Å². The Morgan fingerprint density at radius 3 is 2.60 bits per heavy atom. The van der Waals surface area contributed by atoms with Gasteiger partial charge < -0.3 is 15.1 Å². The summed E-state index contributed by atoms with van der Waals surface area (Å²) in [5, 5.41) is 3.59. The van der Waals surface area contributed by atoms with Crippen molar-refractivity contribution in [1.29, 1.82) is 0 Å². The molecule has 1 N–H and O–H groups in total. The fourth-order valence-corrected chi connectivity index (χ4v) is 4.20. The zero-order chi connectivity index (χ0) is 17.5. The van der Waals surface area contributed by atoms with Gasteiger partial charge in [-0.05, 0) is 69.8 Å². The highest BCUT2D eigenvalue weighted by molar-refractivity contribution is 5.76. The van der Waals surface area contributed by atoms with E-state index in [1.165, 1.54) is 38.9 Å². The van der Waals surface area contributed by atoms with Gasteiger partial charge in [0.05, 0.1) is 0 Å². The number of hydrogen-bond acceptors (Lipinski definition) is 3. The third-order valence-electron chi connectivity index (χ3n) is 5.63. The molecule has 2 aliphatic heterocycles. The van der Waals surface area contributed by atoms with Crippen LogP contribution in [0.1, 0.15) is 45.4 Å². The van der Waals surface area contributed by atoms with Crippen molar-refractivity contribution in [3.63, 3.8) is 0 Å². The summed E-state index contributed by atoms with van der Waals surface area (Å²) in [5.74, 6) is 0.955. The van der Waals surface area contributed by atoms with E-state index in [1.807, 2.05) is 6.07 Å². The first-order valence-corrected chi connectivity index (χ1v) is 10.1. The lowest BCUT2D eigenvalue weighted by Crippen LogP contribution is -2.46. The van der Waals surface area contributed by atoms with E-state index in [2.05, 4.69) is 46.3 Å². The smallest absolute Gasteiger partial charge is 0.222 e. The molecular formula is C21H33N3O. The van der Waals surface area contributed by atoms with E-state index in [0.717, 1.165) is 38.0 Å². The largest absolute Gasteiger partial charge is 0.381 e. The topological polar surface area (TPSA) is 35.6 Å². The third kappa shape index (κ3) is 5.46. The Morgan fingerprint density at radius 1 is 1.12 bits per heavy atom. The summed E-state index contributed by atoms with van der Waals surface area (Å²) in [4.78, 5) is 17.4. The minimum atomic E-state index is 0.369. The number of likely N-dealkylation sites (tertiary alicyclic amines) is 2. The molecule has 0 bridgehead atoms. The molecule has 0 aliphatic carbocycles. The number of para-hydroxylation sites is 1. The third-order valence-corrected chi connectivity index (χ3v) is 5.63. The van der Waals surface area contributed by atoms with Crippen LogP contribution in [0.2, 0.25) is 0 Å². The lowest BCUT2D eigenvalue weighted by molar-refractivity contribution is -0.133. The standard InChI is InChI=1S/C21H33N3O/c1-2-12-23-14-10-18(11-15-23)16-21(25)24-13-6-9-20(17-24)22-19-7-4-3-5-8-19/h3-5,7-8,18,20,22H,2,6,9-17H2,1H3/t20-/m1/s1. The van der Waals surface area contributed by atoms with Crippen molar-refractivity contribution < 1.29 is 4.79 Å². The molecular weight excluding hydrogens is 310 g/mol. The molecule has 0 unspecified atom stereocenters. The molecule has 2 heterocycles. The van der Waals surface area contributed by atoms with Crippen molar-refractivity contribution in [3.8, 4) is 0 Å². The van der Waals surface area contributed by atoms with E-state index < -0.39 is 0 Å². The van der Waals surface area contributed by atoms with Gasteiger partial charge in [-0.15, -0.1) is 0 Å². The maximum Gasteiger partial charge on any atom is 0.222 e. The quantitative estimate of drug-likeness (QED) is 0.857. The molecule has 2 fully saturated rings. The van der Waals surface area contributed by atoms with Crippen molar-refractivity contribution in [1.82, 2.24) is 9.80 Å². The van der Waals surface area contributed by atoms with Crippen LogP contribution in [0.25, 0.3) is 0 Å². The van der Waals surface area contributed by atoms with Crippen LogP contribution in [0.3, 0.4) is 0 Å². The molecule has 2 saturated heterocycles. The van der Waals surface area contributed by atoms with Crippen LogP contribution in [0.15, 0.2) is 30.3 Å². The molecule has 0 saturated carbocycles. The lowest BCUT2D eigenvalue weighted by Gasteiger charge is -2.36. The summed E-state index contributed by atoms with van der Waals surface area (Å²) in [6, 6.07) is 10.7. The van der Waals surface area contributed by atoms with Crippen LogP contribution < -0.4 is 5.32 Å². The van der Waals surface area contributed by atoms with Gasteiger partial charge >= 0.3 is 0 Å². The van der Waals surface area contributed by atoms with Gasteiger partial charge in [0.15, 0.2) is 0 Å². The minimum absolute atomic E-state index is 0.369. The first-order chi connectivity index (χ1) is 12.2. The van der Waals surface area contributed by atoms with E-state index in [4.69, 9.17) is 0 Å². The van der Waals surface area contributed by atoms with Crippen LogP contribution in [-0.4, -0.2) is 54.5 Å². The summed E-state index contributed by atoms with van der Waals surface area (Å²) in [6.07, 6.45) is 6.60. The number of nitrogens with zero attached hydrogens (tertiary/aromatic N) is 2. The molecule has 1 aromatic carbocycles. The highest BCUT2D eigenvalue weighted by Crippen LogP contribution is 2.23. The first kappa shape index (κ1) is 18.2. The number of amides is 1. The Morgan fingerprint density at radius 2 is 1.88 bits per heavy atom. The average molecular weight is 344 g/mol. The van der Waals surface area contributed by atoms with Crippen LogP contribution in [0, 0.1) is 5.92 Å². The molecule has 2 aliphatic rings. The maximum absolute atomic E-state index is 12.8. The molecule has 138 valence electrons. The number of carbonyl (C=O) groups excluding carboxylic acids is 1. The predicted octanol–water partition coefficient (Wildman–Crippen LogP) is 3.60. The van der Waals surface area contributed by atoms with E-state index in [1.54, 1.807) is 0 Å². The Hall–Kier alpha value is -1.55. The van der Waals surface area contributed by atoms with Gasteiger partial charge in [-0.3, -0.25) is 4.79 Å². The van der Waals surface area contributed by atoms with Crippen molar-refractivity contribution in [2.75, 3.05) is 38.0 Å². The van der Waals surface area contributed by atoms with Crippen LogP contribution in [0.4, 0.5) is 5.69 Å². The Kier molecular flexibility index (Phi) is 6.74. The summed E-state index contributed by atoms with van der Waals surface area (Å²) in [5.41, 5.74) is 1.16. The highest BCUT2D eigenvalue weighted by atomic mass is 16.2. The summed E-state index contributed by atoms with van der Waals surface area (Å²) in [6.45, 7) is 7.57. The van der Waals surface area contributed by atoms with Gasteiger partial charge in [0.1, 0.15) is 0 Å². The number of piperidine rings is 2. The van der Waals surface area contributed by atoms with Gasteiger partial charge in [0, 0.05) is 31.2 Å². The molecule has 4 nitrogen and oxygen atoms in total. The minimum Gasteiger partial charge on any atom is -0.381 e. The second kappa shape index (κ2) is 9.23. The fourth-order valence-electron chi connectivity index (χ4n) is 4.20. The maximum atomic E-state index is 12.8. The molecule has 25 heavy (non-hydrogen) atoms. The highest BCUT2D eigenvalue weighted by Gasteiger charge is 2.27. The number of rotatable bonds is 6. The Labute approximate surface area is 152 Å². The number of anilines is 1. The first-order valence-electron chi connectivity index (χ1n) is 10.1. The SMILES string of the molecule is CCCN1CCC(CC(=O)N2CCC[C@@H](Nc3ccccc3)C2)CC1. The van der Waals surface area contributed by atoms with Crippen molar-refractivity contribution in [2.45, 2.75) is 51.5 Å². The average Bonchev–Trinajstić information content (AvgIpc) is 2.65. The van der Waals surface area contributed by atoms with E-state index in [0.29, 0.717) is 17.9 Å². The number of nitrogens with one attached hydrogen (secondary N) is 1. The van der Waals surface area contributed by atoms with Crippen LogP contribution in [-0.2, 0) is 4.79 Å². The molecule has 0 spiro atoms. The summed E-state index contributed by atoms with van der Waals surface area (Å²) >= 11 is 0. The van der Waals surface area contributed by atoms with E-state index in [9.17, 15) is 4.79 Å². The fraction of sp³-hybridized carbons (Fsp3) is 0.667. The van der Waals surface area contributed by atoms with Gasteiger partial charge in [-0.25, -0.2) is 0 Å². The Balaban J connectivity index is 1.44. The van der Waals surface area contributed by atoms with Gasteiger partial charge in [-0.1, -0.05) is 25.1 Å². The summed E-state index contributed by atoms with van der Waals surface area (Å²) in [7, 11) is 0. The van der Waals surface area contributed by atoms with Crippen molar-refractivity contribution in [2.24, 2.45) is 5.92 Å². The summed E-state index contributed by atoms with van der Waals surface area (Å²) < 4.78 is 0. The molecule has 0 aromatic heterocycles. The molecule has 1 atom stereocenters. The monoisotopic (exact) mass is 343 g/mol. The zero-order valence-electron chi connectivity index (χ0n) is 15.6. The lowest BCUT2D eigenvalue weighted by atomic mass is 9.92.